The van der Waals surface area contributed by atoms with Crippen molar-refractivity contribution in [1.29, 1.82) is 0 Å². The summed E-state index contributed by atoms with van der Waals surface area (Å²) in [5, 5.41) is 8.27. The molecule has 1 rings (SSSR count). The third-order valence-electron chi connectivity index (χ3n) is 2.52. The van der Waals surface area contributed by atoms with Gasteiger partial charge < -0.3 is 15.4 Å². The van der Waals surface area contributed by atoms with Gasteiger partial charge in [0.1, 0.15) is 6.04 Å². The highest BCUT2D eigenvalue weighted by Gasteiger charge is 2.15. The molecule has 1 amide bonds. The van der Waals surface area contributed by atoms with Crippen molar-refractivity contribution in [3.8, 4) is 0 Å². The molecule has 0 radical (unpaired) electrons. The van der Waals surface area contributed by atoms with E-state index in [-0.39, 0.29) is 24.3 Å². The number of carbonyl (C=O) groups is 2. The maximum atomic E-state index is 11.8. The van der Waals surface area contributed by atoms with E-state index >= 15 is 0 Å². The number of hydrogen-bond donors (Lipinski definition) is 2. The summed E-state index contributed by atoms with van der Waals surface area (Å²) < 4.78 is 4.58. The van der Waals surface area contributed by atoms with Crippen molar-refractivity contribution in [3.63, 3.8) is 0 Å². The standard InChI is InChI=1S/C13H21N3O3S/c1-8(2)6-14-12(18)9(3)15-13-16-10(7-20-13)5-11(17)19-4/h7-9H,5-6H2,1-4H3,(H,14,18)(H,15,16). The van der Waals surface area contributed by atoms with Gasteiger partial charge in [-0.1, -0.05) is 13.8 Å². The van der Waals surface area contributed by atoms with Crippen LogP contribution in [0.15, 0.2) is 5.38 Å². The third kappa shape index (κ3) is 5.56. The Labute approximate surface area is 122 Å². The Morgan fingerprint density at radius 1 is 1.40 bits per heavy atom. The molecule has 0 fully saturated rings. The lowest BCUT2D eigenvalue weighted by Gasteiger charge is -2.14. The minimum Gasteiger partial charge on any atom is -0.469 e. The van der Waals surface area contributed by atoms with Crippen molar-refractivity contribution >= 4 is 28.3 Å². The highest BCUT2D eigenvalue weighted by molar-refractivity contribution is 7.13. The second-order valence-corrected chi connectivity index (χ2v) is 5.76. The number of ether oxygens (including phenoxy) is 1. The molecular formula is C13H21N3O3S. The fourth-order valence-electron chi connectivity index (χ4n) is 1.38. The monoisotopic (exact) mass is 299 g/mol. The summed E-state index contributed by atoms with van der Waals surface area (Å²) >= 11 is 1.36. The van der Waals surface area contributed by atoms with E-state index in [1.165, 1.54) is 18.4 Å². The Morgan fingerprint density at radius 3 is 2.70 bits per heavy atom. The maximum absolute atomic E-state index is 11.8. The lowest BCUT2D eigenvalue weighted by Crippen LogP contribution is -2.39. The molecule has 112 valence electrons. The number of esters is 1. The van der Waals surface area contributed by atoms with Gasteiger partial charge in [0.15, 0.2) is 5.13 Å². The molecule has 0 aliphatic rings. The van der Waals surface area contributed by atoms with Crippen molar-refractivity contribution in [2.75, 3.05) is 19.0 Å². The van der Waals surface area contributed by atoms with Crippen LogP contribution >= 0.6 is 11.3 Å². The Kier molecular flexibility index (Phi) is 6.44. The van der Waals surface area contributed by atoms with Gasteiger partial charge in [-0.3, -0.25) is 9.59 Å². The lowest BCUT2D eigenvalue weighted by atomic mass is 10.2. The Bertz CT molecular complexity index is 459. The van der Waals surface area contributed by atoms with Gasteiger partial charge in [-0.25, -0.2) is 4.98 Å². The maximum Gasteiger partial charge on any atom is 0.311 e. The fraction of sp³-hybridized carbons (Fsp3) is 0.615. The molecular weight excluding hydrogens is 278 g/mol. The summed E-state index contributed by atoms with van der Waals surface area (Å²) in [6, 6.07) is -0.370. The number of hydrogen-bond acceptors (Lipinski definition) is 6. The van der Waals surface area contributed by atoms with Gasteiger partial charge in [0.2, 0.25) is 5.91 Å². The molecule has 1 atom stereocenters. The first-order valence-corrected chi connectivity index (χ1v) is 7.35. The first-order chi connectivity index (χ1) is 9.42. The van der Waals surface area contributed by atoms with Gasteiger partial charge in [0, 0.05) is 11.9 Å². The molecule has 0 aromatic carbocycles. The fourth-order valence-corrected chi connectivity index (χ4v) is 2.18. The van der Waals surface area contributed by atoms with Crippen LogP contribution < -0.4 is 10.6 Å². The van der Waals surface area contributed by atoms with Crippen molar-refractivity contribution in [2.24, 2.45) is 5.92 Å². The van der Waals surface area contributed by atoms with Crippen LogP contribution in [0.5, 0.6) is 0 Å². The van der Waals surface area contributed by atoms with Crippen LogP contribution in [-0.2, 0) is 20.7 Å². The van der Waals surface area contributed by atoms with Crippen molar-refractivity contribution in [1.82, 2.24) is 10.3 Å². The molecule has 1 aromatic heterocycles. The molecule has 2 N–H and O–H groups in total. The van der Waals surface area contributed by atoms with Crippen LogP contribution in [0.4, 0.5) is 5.13 Å². The number of nitrogens with one attached hydrogen (secondary N) is 2. The predicted molar refractivity (Wildman–Crippen MR) is 78.8 cm³/mol. The van der Waals surface area contributed by atoms with Gasteiger partial charge in [0.05, 0.1) is 19.2 Å². The number of thiazole rings is 1. The van der Waals surface area contributed by atoms with Gasteiger partial charge in [0.25, 0.3) is 0 Å². The average molecular weight is 299 g/mol. The molecule has 0 saturated heterocycles. The van der Waals surface area contributed by atoms with E-state index in [0.29, 0.717) is 23.3 Å². The van der Waals surface area contributed by atoms with Crippen molar-refractivity contribution in [3.05, 3.63) is 11.1 Å². The first kappa shape index (κ1) is 16.4. The molecule has 0 spiro atoms. The van der Waals surface area contributed by atoms with E-state index < -0.39 is 0 Å². The normalized spacial score (nSPS) is 12.1. The van der Waals surface area contributed by atoms with E-state index in [2.05, 4.69) is 20.4 Å². The summed E-state index contributed by atoms with van der Waals surface area (Å²) in [5.41, 5.74) is 0.638. The van der Waals surface area contributed by atoms with Crippen LogP contribution in [0.25, 0.3) is 0 Å². The molecule has 0 aliphatic carbocycles. The smallest absolute Gasteiger partial charge is 0.311 e. The summed E-state index contributed by atoms with van der Waals surface area (Å²) in [4.78, 5) is 27.2. The lowest BCUT2D eigenvalue weighted by molar-refractivity contribution is -0.139. The molecule has 0 bridgehead atoms. The molecule has 7 heteroatoms. The topological polar surface area (TPSA) is 80.3 Å². The zero-order valence-corrected chi connectivity index (χ0v) is 13.0. The number of methoxy groups -OCH3 is 1. The molecule has 20 heavy (non-hydrogen) atoms. The number of nitrogens with zero attached hydrogens (tertiary/aromatic N) is 1. The van der Waals surface area contributed by atoms with Gasteiger partial charge in [-0.2, -0.15) is 0 Å². The molecule has 1 unspecified atom stereocenters. The van der Waals surface area contributed by atoms with E-state index in [1.807, 2.05) is 13.8 Å². The molecule has 1 heterocycles. The number of rotatable bonds is 7. The quantitative estimate of drug-likeness (QED) is 0.745. The summed E-state index contributed by atoms with van der Waals surface area (Å²) in [6.07, 6.45) is 0.141. The second kappa shape index (κ2) is 7.84. The van der Waals surface area contributed by atoms with Crippen LogP contribution in [0, 0.1) is 5.92 Å². The first-order valence-electron chi connectivity index (χ1n) is 6.47. The zero-order valence-electron chi connectivity index (χ0n) is 12.2. The molecule has 6 nitrogen and oxygen atoms in total. The molecule has 0 saturated carbocycles. The van der Waals surface area contributed by atoms with Crippen molar-refractivity contribution in [2.45, 2.75) is 33.2 Å². The summed E-state index contributed by atoms with van der Waals surface area (Å²) in [5.74, 6) is 0.0191. The Balaban J connectivity index is 2.47. The summed E-state index contributed by atoms with van der Waals surface area (Å²) in [7, 11) is 1.34. The number of amides is 1. The van der Waals surface area contributed by atoms with E-state index in [4.69, 9.17) is 0 Å². The van der Waals surface area contributed by atoms with E-state index in [9.17, 15) is 9.59 Å². The van der Waals surface area contributed by atoms with Gasteiger partial charge in [-0.15, -0.1) is 11.3 Å². The van der Waals surface area contributed by atoms with Gasteiger partial charge in [-0.05, 0) is 12.8 Å². The van der Waals surface area contributed by atoms with Crippen LogP contribution in [0.3, 0.4) is 0 Å². The van der Waals surface area contributed by atoms with Crippen LogP contribution in [0.2, 0.25) is 0 Å². The molecule has 1 aromatic rings. The van der Waals surface area contributed by atoms with Crippen LogP contribution in [0.1, 0.15) is 26.5 Å². The highest BCUT2D eigenvalue weighted by Crippen LogP contribution is 2.17. The predicted octanol–water partition coefficient (Wildman–Crippen LogP) is 1.43. The second-order valence-electron chi connectivity index (χ2n) is 4.90. The van der Waals surface area contributed by atoms with E-state index in [1.54, 1.807) is 12.3 Å². The van der Waals surface area contributed by atoms with Crippen LogP contribution in [-0.4, -0.2) is 36.6 Å². The number of aromatic nitrogens is 1. The minimum absolute atomic E-state index is 0.0663. The number of carbonyl (C=O) groups excluding carboxylic acids is 2. The third-order valence-corrected chi connectivity index (χ3v) is 3.35. The zero-order chi connectivity index (χ0) is 15.1. The van der Waals surface area contributed by atoms with Gasteiger partial charge >= 0.3 is 5.97 Å². The number of anilines is 1. The van der Waals surface area contributed by atoms with Crippen molar-refractivity contribution < 1.29 is 14.3 Å². The summed E-state index contributed by atoms with van der Waals surface area (Å²) in [6.45, 7) is 6.50. The van der Waals surface area contributed by atoms with E-state index in [0.717, 1.165) is 0 Å². The average Bonchev–Trinajstić information content (AvgIpc) is 2.82. The molecule has 0 aliphatic heterocycles. The Hall–Kier alpha value is -1.63. The largest absolute Gasteiger partial charge is 0.469 e. The highest BCUT2D eigenvalue weighted by atomic mass is 32.1. The minimum atomic E-state index is -0.370. The Morgan fingerprint density at radius 2 is 2.10 bits per heavy atom. The SMILES string of the molecule is COC(=O)Cc1csc(NC(C)C(=O)NCC(C)C)n1.